The van der Waals surface area contributed by atoms with Gasteiger partial charge >= 0.3 is 12.8 Å². The Bertz CT molecular complexity index is 1570. The van der Waals surface area contributed by atoms with Crippen molar-refractivity contribution in [2.75, 3.05) is 26.6 Å². The Morgan fingerprint density at radius 3 is 2.02 bits per heavy atom. The molecule has 12 heteroatoms. The topological polar surface area (TPSA) is 116 Å². The first kappa shape index (κ1) is 28.4. The maximum atomic E-state index is 12.7. The number of nitrogens with two attached hydrogens (primary N) is 1. The zero-order valence-electron chi connectivity index (χ0n) is 22.9. The SMILES string of the molecule is COc1ccc(C(OC[C@H]2O[C@@H](n3ccc(N)nc3=O)[C@@H]3O[P+](=S)O[C@@H]32)(c2ccccc2)c2ccc(OC)cc2)cc1. The Morgan fingerprint density at radius 2 is 1.45 bits per heavy atom. The van der Waals surface area contributed by atoms with Gasteiger partial charge in [0, 0.05) is 6.20 Å². The number of hydrogen-bond donors (Lipinski definition) is 1. The minimum absolute atomic E-state index is 0.0869. The van der Waals surface area contributed by atoms with E-state index in [0.717, 1.165) is 28.2 Å². The number of methoxy groups -OCH3 is 2. The second kappa shape index (κ2) is 11.9. The maximum absolute atomic E-state index is 12.7. The fourth-order valence-corrected chi connectivity index (χ4v) is 6.95. The molecule has 2 N–H and O–H groups in total. The summed E-state index contributed by atoms with van der Waals surface area (Å²) in [4.78, 5) is 16.5. The number of ether oxygens (including phenoxy) is 4. The van der Waals surface area contributed by atoms with Crippen molar-refractivity contribution in [2.45, 2.75) is 30.1 Å². The summed E-state index contributed by atoms with van der Waals surface area (Å²) in [5.74, 6) is 1.56. The Hall–Kier alpha value is -3.70. The smallest absolute Gasteiger partial charge is 0.497 e. The number of benzene rings is 3. The second-order valence-corrected chi connectivity index (χ2v) is 11.5. The first-order valence-electron chi connectivity index (χ1n) is 13.2. The third kappa shape index (κ3) is 5.20. The Morgan fingerprint density at radius 1 is 0.881 bits per heavy atom. The summed E-state index contributed by atoms with van der Waals surface area (Å²) in [5.41, 5.74) is 6.74. The number of nitrogen functional groups attached to an aromatic ring is 1. The molecule has 2 fully saturated rings. The van der Waals surface area contributed by atoms with Crippen molar-refractivity contribution in [2.24, 2.45) is 0 Å². The normalized spacial score (nSPS) is 22.6. The summed E-state index contributed by atoms with van der Waals surface area (Å²) in [6.07, 6.45) is -1.06. The molecule has 2 aliphatic heterocycles. The number of hydrogen-bond acceptors (Lipinski definition) is 10. The molecule has 0 aliphatic carbocycles. The van der Waals surface area contributed by atoms with E-state index in [1.54, 1.807) is 14.2 Å². The molecule has 3 aromatic carbocycles. The van der Waals surface area contributed by atoms with E-state index in [2.05, 4.69) is 4.98 Å². The van der Waals surface area contributed by atoms with Gasteiger partial charge in [0.1, 0.15) is 29.0 Å². The van der Waals surface area contributed by atoms with Gasteiger partial charge in [0.25, 0.3) is 0 Å². The molecule has 42 heavy (non-hydrogen) atoms. The van der Waals surface area contributed by atoms with Gasteiger partial charge in [-0.1, -0.05) is 54.6 Å². The monoisotopic (exact) mass is 606 g/mol. The average Bonchev–Trinajstić information content (AvgIpc) is 3.56. The van der Waals surface area contributed by atoms with Crippen LogP contribution in [0.5, 0.6) is 11.5 Å². The minimum atomic E-state index is -1.58. The molecular formula is C30H29N3O7PS+. The van der Waals surface area contributed by atoms with Crippen LogP contribution in [0.3, 0.4) is 0 Å². The second-order valence-electron chi connectivity index (χ2n) is 9.79. The standard InChI is InChI=1S/C30H28N3O7PS/c1-35-22-12-8-20(9-13-22)30(19-6-4-3-5-7-19,21-10-14-23(36-2)15-11-21)37-18-24-26-27(40-41(42)39-26)28(38-24)33-17-16-25(31)32-29(33)34/h3-17,24,26-28H,18H2,1-2H3,(H-,31,32,34)/p+1/t24-,26-,27-,28-/m1/s1. The van der Waals surface area contributed by atoms with Gasteiger partial charge in [-0.2, -0.15) is 4.98 Å². The predicted molar refractivity (Wildman–Crippen MR) is 159 cm³/mol. The molecule has 6 rings (SSSR count). The molecular weight excluding hydrogens is 577 g/mol. The molecule has 3 heterocycles. The largest absolute Gasteiger partial charge is 0.522 e. The molecule has 2 saturated heterocycles. The molecule has 5 atom stereocenters. The van der Waals surface area contributed by atoms with Gasteiger partial charge in [0.15, 0.2) is 18.4 Å². The lowest BCUT2D eigenvalue weighted by Crippen LogP contribution is -2.39. The predicted octanol–water partition coefficient (Wildman–Crippen LogP) is 4.31. The van der Waals surface area contributed by atoms with Crippen molar-refractivity contribution in [3.05, 3.63) is 118 Å². The molecule has 0 saturated carbocycles. The van der Waals surface area contributed by atoms with Gasteiger partial charge in [0.05, 0.1) is 20.8 Å². The highest BCUT2D eigenvalue weighted by Crippen LogP contribution is 2.50. The van der Waals surface area contributed by atoms with Gasteiger partial charge in [0.2, 0.25) is 11.8 Å². The maximum Gasteiger partial charge on any atom is 0.522 e. The van der Waals surface area contributed by atoms with E-state index in [-0.39, 0.29) is 12.4 Å². The molecule has 0 bridgehead atoms. The van der Waals surface area contributed by atoms with Crippen LogP contribution < -0.4 is 20.9 Å². The van der Waals surface area contributed by atoms with Crippen LogP contribution in [0.4, 0.5) is 5.82 Å². The van der Waals surface area contributed by atoms with Crippen molar-refractivity contribution in [1.29, 1.82) is 0 Å². The van der Waals surface area contributed by atoms with Gasteiger partial charge < -0.3 is 24.7 Å². The van der Waals surface area contributed by atoms with E-state index in [1.807, 2.05) is 78.9 Å². The van der Waals surface area contributed by atoms with Crippen molar-refractivity contribution < 1.29 is 28.0 Å². The first-order chi connectivity index (χ1) is 20.4. The van der Waals surface area contributed by atoms with Crippen molar-refractivity contribution in [3.63, 3.8) is 0 Å². The fraction of sp³-hybridized carbons (Fsp3) is 0.267. The lowest BCUT2D eigenvalue weighted by molar-refractivity contribution is -0.0962. The quantitative estimate of drug-likeness (QED) is 0.218. The van der Waals surface area contributed by atoms with Crippen LogP contribution in [-0.2, 0) is 35.9 Å². The molecule has 216 valence electrons. The van der Waals surface area contributed by atoms with E-state index in [9.17, 15) is 4.79 Å². The van der Waals surface area contributed by atoms with Crippen LogP contribution in [0.2, 0.25) is 0 Å². The van der Waals surface area contributed by atoms with Gasteiger partial charge in [-0.05, 0) is 47.0 Å². The first-order valence-corrected chi connectivity index (χ1v) is 15.4. The van der Waals surface area contributed by atoms with Crippen molar-refractivity contribution >= 4 is 24.8 Å². The van der Waals surface area contributed by atoms with Gasteiger partial charge in [-0.3, -0.25) is 4.57 Å². The molecule has 10 nitrogen and oxygen atoms in total. The highest BCUT2D eigenvalue weighted by Gasteiger charge is 2.59. The number of aromatic nitrogens is 2. The number of nitrogens with zero attached hydrogens (tertiary/aromatic N) is 2. The Kier molecular flexibility index (Phi) is 8.04. The summed E-state index contributed by atoms with van der Waals surface area (Å²) in [6, 6.07) is 27.0. The van der Waals surface area contributed by atoms with Crippen LogP contribution in [0.15, 0.2) is 95.9 Å². The van der Waals surface area contributed by atoms with Crippen molar-refractivity contribution in [1.82, 2.24) is 9.55 Å². The Labute approximate surface area is 248 Å². The lowest BCUT2D eigenvalue weighted by atomic mass is 9.80. The van der Waals surface area contributed by atoms with E-state index in [1.165, 1.54) is 16.8 Å². The summed E-state index contributed by atoms with van der Waals surface area (Å²) >= 11 is 5.38. The van der Waals surface area contributed by atoms with Crippen LogP contribution in [0, 0.1) is 0 Å². The number of anilines is 1. The fourth-order valence-electron chi connectivity index (χ4n) is 5.43. The number of rotatable bonds is 9. The van der Waals surface area contributed by atoms with Crippen LogP contribution >= 0.6 is 7.15 Å². The average molecular weight is 607 g/mol. The molecule has 0 radical (unpaired) electrons. The van der Waals surface area contributed by atoms with Crippen LogP contribution in [0.25, 0.3) is 0 Å². The number of fused-ring (bicyclic) bond motifs is 1. The zero-order valence-corrected chi connectivity index (χ0v) is 24.6. The zero-order chi connectivity index (χ0) is 29.3. The van der Waals surface area contributed by atoms with Crippen LogP contribution in [0.1, 0.15) is 22.9 Å². The van der Waals surface area contributed by atoms with Gasteiger partial charge in [-0.15, -0.1) is 9.05 Å². The summed E-state index contributed by atoms with van der Waals surface area (Å²) in [6.45, 7) is 0.0869. The van der Waals surface area contributed by atoms with E-state index in [4.69, 9.17) is 45.5 Å². The molecule has 0 spiro atoms. The molecule has 2 aliphatic rings. The van der Waals surface area contributed by atoms with E-state index >= 15 is 0 Å². The highest BCUT2D eigenvalue weighted by atomic mass is 32.4. The molecule has 0 amide bonds. The lowest BCUT2D eigenvalue weighted by Gasteiger charge is -2.37. The Balaban J connectivity index is 1.42. The van der Waals surface area contributed by atoms with E-state index in [0.29, 0.717) is 0 Å². The summed E-state index contributed by atoms with van der Waals surface area (Å²) < 4.78 is 37.6. The molecule has 1 aromatic heterocycles. The summed E-state index contributed by atoms with van der Waals surface area (Å²) in [5, 5.41) is 0. The highest BCUT2D eigenvalue weighted by molar-refractivity contribution is 8.00. The summed E-state index contributed by atoms with van der Waals surface area (Å²) in [7, 11) is 1.68. The molecule has 4 aromatic rings. The van der Waals surface area contributed by atoms with Gasteiger partial charge in [-0.25, -0.2) is 4.79 Å². The van der Waals surface area contributed by atoms with Crippen molar-refractivity contribution in [3.8, 4) is 11.5 Å². The third-order valence-corrected chi connectivity index (χ3v) is 8.81. The van der Waals surface area contributed by atoms with Crippen LogP contribution in [-0.4, -0.2) is 48.7 Å². The molecule has 1 unspecified atom stereocenters. The third-order valence-electron chi connectivity index (χ3n) is 7.46. The minimum Gasteiger partial charge on any atom is -0.497 e. The van der Waals surface area contributed by atoms with E-state index < -0.39 is 43.0 Å².